The summed E-state index contributed by atoms with van der Waals surface area (Å²) in [5.74, 6) is -0.445. The number of hydrogen-bond donors (Lipinski definition) is 1. The molecule has 0 spiro atoms. The minimum Gasteiger partial charge on any atom is -0.366 e. The molecule has 0 amide bonds. The van der Waals surface area contributed by atoms with Crippen LogP contribution in [0.1, 0.15) is 11.3 Å². The summed E-state index contributed by atoms with van der Waals surface area (Å²) < 4.78 is 50.3. The van der Waals surface area contributed by atoms with Crippen LogP contribution in [0.25, 0.3) is 0 Å². The van der Waals surface area contributed by atoms with E-state index in [0.29, 0.717) is 5.56 Å². The van der Waals surface area contributed by atoms with Crippen LogP contribution in [0.3, 0.4) is 0 Å². The average molecular weight is 306 g/mol. The van der Waals surface area contributed by atoms with Crippen molar-refractivity contribution in [1.82, 2.24) is 9.97 Å². The number of halogens is 5. The van der Waals surface area contributed by atoms with E-state index in [1.807, 2.05) is 0 Å². The largest absolute Gasteiger partial charge is 0.433 e. The second-order valence-corrected chi connectivity index (χ2v) is 4.22. The number of aromatic nitrogens is 2. The predicted octanol–water partition coefficient (Wildman–Crippen LogP) is 3.90. The summed E-state index contributed by atoms with van der Waals surface area (Å²) in [6.45, 7) is 0.185. The van der Waals surface area contributed by atoms with E-state index >= 15 is 0 Å². The lowest BCUT2D eigenvalue weighted by Crippen LogP contribution is -2.11. The van der Waals surface area contributed by atoms with Crippen molar-refractivity contribution in [2.24, 2.45) is 0 Å². The van der Waals surface area contributed by atoms with Gasteiger partial charge in [0.15, 0.2) is 5.69 Å². The Morgan fingerprint density at radius 3 is 2.35 bits per heavy atom. The molecule has 8 heteroatoms. The fourth-order valence-electron chi connectivity index (χ4n) is 1.45. The Kier molecular flexibility index (Phi) is 4.08. The maximum atomic E-state index is 12.7. The lowest BCUT2D eigenvalue weighted by atomic mass is 10.2. The molecule has 1 heterocycles. The third-order valence-corrected chi connectivity index (χ3v) is 2.55. The van der Waals surface area contributed by atoms with Crippen molar-refractivity contribution in [3.05, 3.63) is 52.7 Å². The van der Waals surface area contributed by atoms with E-state index in [4.69, 9.17) is 11.6 Å². The highest BCUT2D eigenvalue weighted by molar-refractivity contribution is 6.28. The molecular weight excluding hydrogens is 298 g/mol. The van der Waals surface area contributed by atoms with Crippen molar-refractivity contribution in [3.8, 4) is 0 Å². The van der Waals surface area contributed by atoms with Gasteiger partial charge in [-0.05, 0) is 29.3 Å². The molecule has 0 bridgehead atoms. The lowest BCUT2D eigenvalue weighted by molar-refractivity contribution is -0.141. The maximum Gasteiger partial charge on any atom is 0.433 e. The van der Waals surface area contributed by atoms with Gasteiger partial charge >= 0.3 is 6.18 Å². The first-order valence-electron chi connectivity index (χ1n) is 5.45. The summed E-state index contributed by atoms with van der Waals surface area (Å²) in [7, 11) is 0. The van der Waals surface area contributed by atoms with E-state index in [2.05, 4.69) is 15.3 Å². The van der Waals surface area contributed by atoms with Crippen LogP contribution in [-0.4, -0.2) is 9.97 Å². The van der Waals surface area contributed by atoms with Gasteiger partial charge in [0.2, 0.25) is 5.28 Å². The highest BCUT2D eigenvalue weighted by Gasteiger charge is 2.33. The Morgan fingerprint density at radius 2 is 1.75 bits per heavy atom. The molecule has 0 aliphatic heterocycles. The molecule has 0 aliphatic carbocycles. The monoisotopic (exact) mass is 305 g/mol. The van der Waals surface area contributed by atoms with Crippen LogP contribution in [0.4, 0.5) is 23.4 Å². The Labute approximate surface area is 116 Å². The van der Waals surface area contributed by atoms with Crippen LogP contribution in [0.5, 0.6) is 0 Å². The van der Waals surface area contributed by atoms with E-state index in [1.165, 1.54) is 24.3 Å². The Balaban J connectivity index is 2.13. The van der Waals surface area contributed by atoms with Gasteiger partial charge in [-0.3, -0.25) is 0 Å². The topological polar surface area (TPSA) is 37.8 Å². The van der Waals surface area contributed by atoms with Crippen molar-refractivity contribution in [3.63, 3.8) is 0 Å². The molecule has 2 rings (SSSR count). The van der Waals surface area contributed by atoms with Gasteiger partial charge in [-0.25, -0.2) is 14.4 Å². The molecule has 0 aliphatic rings. The van der Waals surface area contributed by atoms with Gasteiger partial charge in [-0.15, -0.1) is 0 Å². The Morgan fingerprint density at radius 1 is 1.10 bits per heavy atom. The third kappa shape index (κ3) is 3.80. The van der Waals surface area contributed by atoms with Gasteiger partial charge in [0.1, 0.15) is 11.6 Å². The molecule has 1 aromatic carbocycles. The second-order valence-electron chi connectivity index (χ2n) is 3.89. The van der Waals surface area contributed by atoms with Crippen molar-refractivity contribution in [1.29, 1.82) is 0 Å². The van der Waals surface area contributed by atoms with Gasteiger partial charge in [0, 0.05) is 12.6 Å². The van der Waals surface area contributed by atoms with Crippen LogP contribution in [0, 0.1) is 5.82 Å². The molecule has 0 fully saturated rings. The molecule has 0 unspecified atom stereocenters. The zero-order valence-corrected chi connectivity index (χ0v) is 10.6. The van der Waals surface area contributed by atoms with Gasteiger partial charge in [-0.2, -0.15) is 13.2 Å². The van der Waals surface area contributed by atoms with E-state index < -0.39 is 23.0 Å². The molecule has 1 N–H and O–H groups in total. The highest BCUT2D eigenvalue weighted by atomic mass is 35.5. The smallest absolute Gasteiger partial charge is 0.366 e. The number of alkyl halides is 3. The molecule has 0 atom stereocenters. The van der Waals surface area contributed by atoms with E-state index in [0.717, 1.165) is 6.07 Å². The number of hydrogen-bond acceptors (Lipinski definition) is 3. The van der Waals surface area contributed by atoms with Gasteiger partial charge in [-0.1, -0.05) is 12.1 Å². The van der Waals surface area contributed by atoms with Crippen LogP contribution in [0.2, 0.25) is 5.28 Å². The molecular formula is C12H8ClF4N3. The minimum atomic E-state index is -4.60. The van der Waals surface area contributed by atoms with Crippen LogP contribution < -0.4 is 5.32 Å². The molecule has 3 nitrogen and oxygen atoms in total. The summed E-state index contributed by atoms with van der Waals surface area (Å²) in [4.78, 5) is 6.76. The third-order valence-electron chi connectivity index (χ3n) is 2.38. The van der Waals surface area contributed by atoms with Crippen molar-refractivity contribution in [2.75, 3.05) is 5.32 Å². The standard InChI is InChI=1S/C12H8ClF4N3/c13-11-19-9(12(15,16)17)5-10(20-11)18-6-7-1-3-8(14)4-2-7/h1-5H,6H2,(H,18,19,20). The summed E-state index contributed by atoms with van der Waals surface area (Å²) in [5.41, 5.74) is -0.436. The van der Waals surface area contributed by atoms with Gasteiger partial charge in [0.05, 0.1) is 0 Å². The van der Waals surface area contributed by atoms with Gasteiger partial charge < -0.3 is 5.32 Å². The quantitative estimate of drug-likeness (QED) is 0.690. The summed E-state index contributed by atoms with van der Waals surface area (Å²) in [6, 6.07) is 6.29. The molecule has 0 saturated heterocycles. The highest BCUT2D eigenvalue weighted by Crippen LogP contribution is 2.29. The zero-order valence-electron chi connectivity index (χ0n) is 9.88. The first-order chi connectivity index (χ1) is 9.34. The fourth-order valence-corrected chi connectivity index (χ4v) is 1.63. The van der Waals surface area contributed by atoms with Crippen LogP contribution in [-0.2, 0) is 12.7 Å². The molecule has 1 aromatic heterocycles. The molecule has 2 aromatic rings. The number of benzene rings is 1. The maximum absolute atomic E-state index is 12.7. The first kappa shape index (κ1) is 14.5. The zero-order chi connectivity index (χ0) is 14.8. The Bertz CT molecular complexity index is 599. The van der Waals surface area contributed by atoms with E-state index in [9.17, 15) is 17.6 Å². The molecule has 0 saturated carbocycles. The fraction of sp³-hybridized carbons (Fsp3) is 0.167. The number of nitrogens with zero attached hydrogens (tertiary/aromatic N) is 2. The number of anilines is 1. The van der Waals surface area contributed by atoms with Crippen molar-refractivity contribution >= 4 is 17.4 Å². The Hall–Kier alpha value is -1.89. The van der Waals surface area contributed by atoms with E-state index in [-0.39, 0.29) is 12.4 Å². The SMILES string of the molecule is Fc1ccc(CNc2cc(C(F)(F)F)nc(Cl)n2)cc1. The van der Waals surface area contributed by atoms with Crippen molar-refractivity contribution < 1.29 is 17.6 Å². The lowest BCUT2D eigenvalue weighted by Gasteiger charge is -2.10. The summed E-state index contributed by atoms with van der Waals surface area (Å²) >= 11 is 5.45. The minimum absolute atomic E-state index is 0.0540. The molecule has 20 heavy (non-hydrogen) atoms. The van der Waals surface area contributed by atoms with Crippen molar-refractivity contribution in [2.45, 2.75) is 12.7 Å². The number of rotatable bonds is 3. The predicted molar refractivity (Wildman–Crippen MR) is 65.8 cm³/mol. The van der Waals surface area contributed by atoms with E-state index in [1.54, 1.807) is 0 Å². The normalized spacial score (nSPS) is 11.4. The molecule has 106 valence electrons. The first-order valence-corrected chi connectivity index (χ1v) is 5.82. The number of nitrogens with one attached hydrogen (secondary N) is 1. The van der Waals surface area contributed by atoms with Gasteiger partial charge in [0.25, 0.3) is 0 Å². The summed E-state index contributed by atoms with van der Waals surface area (Å²) in [5, 5.41) is 2.18. The average Bonchev–Trinajstić information content (AvgIpc) is 2.36. The second kappa shape index (κ2) is 5.62. The molecule has 0 radical (unpaired) electrons. The summed E-state index contributed by atoms with van der Waals surface area (Å²) in [6.07, 6.45) is -4.60. The van der Waals surface area contributed by atoms with Crippen LogP contribution in [0.15, 0.2) is 30.3 Å². The van der Waals surface area contributed by atoms with Crippen LogP contribution >= 0.6 is 11.6 Å².